The number of para-hydroxylation sites is 1. The van der Waals surface area contributed by atoms with Crippen LogP contribution in [0.4, 0.5) is 0 Å². The summed E-state index contributed by atoms with van der Waals surface area (Å²) in [5.41, 5.74) is 1.02. The zero-order chi connectivity index (χ0) is 13.7. The molecule has 1 heterocycles. The van der Waals surface area contributed by atoms with Crippen LogP contribution in [0.2, 0.25) is 0 Å². The van der Waals surface area contributed by atoms with Gasteiger partial charge in [-0.3, -0.25) is 0 Å². The molecule has 2 N–H and O–H groups in total. The maximum absolute atomic E-state index is 9.22. The Hall–Kier alpha value is -2.05. The molecule has 0 unspecified atom stereocenters. The van der Waals surface area contributed by atoms with Crippen LogP contribution in [0.15, 0.2) is 42.5 Å². The van der Waals surface area contributed by atoms with Crippen LogP contribution in [0.5, 0.6) is 11.6 Å². The standard InChI is InChI=1S/C13H14BNO4/c1-18-13-8-4-5-10(15-13)9-19-12-7-3-2-6-11(12)14(16)17/h2-8,16-17H,9H2,1H3. The van der Waals surface area contributed by atoms with Crippen molar-refractivity contribution in [2.45, 2.75) is 6.61 Å². The van der Waals surface area contributed by atoms with E-state index < -0.39 is 7.12 Å². The molecule has 0 bridgehead atoms. The Labute approximate surface area is 111 Å². The number of hydrogen-bond acceptors (Lipinski definition) is 5. The fourth-order valence-corrected chi connectivity index (χ4v) is 1.63. The van der Waals surface area contributed by atoms with Gasteiger partial charge in [-0.25, -0.2) is 4.98 Å². The second-order valence-corrected chi connectivity index (χ2v) is 3.87. The number of pyridine rings is 1. The van der Waals surface area contributed by atoms with Crippen molar-refractivity contribution in [2.24, 2.45) is 0 Å². The molecule has 0 aliphatic carbocycles. The van der Waals surface area contributed by atoms with Gasteiger partial charge in [0.15, 0.2) is 0 Å². The smallest absolute Gasteiger partial charge is 0.488 e. The van der Waals surface area contributed by atoms with E-state index in [-0.39, 0.29) is 6.61 Å². The van der Waals surface area contributed by atoms with Gasteiger partial charge in [0.1, 0.15) is 12.4 Å². The van der Waals surface area contributed by atoms with Crippen LogP contribution in [0, 0.1) is 0 Å². The normalized spacial score (nSPS) is 10.1. The third-order valence-electron chi connectivity index (χ3n) is 2.56. The highest BCUT2D eigenvalue weighted by atomic mass is 16.5. The molecule has 0 saturated heterocycles. The maximum atomic E-state index is 9.22. The number of benzene rings is 1. The summed E-state index contributed by atoms with van der Waals surface area (Å²) in [5, 5.41) is 18.4. The van der Waals surface area contributed by atoms with E-state index in [2.05, 4.69) is 4.98 Å². The summed E-state index contributed by atoms with van der Waals surface area (Å²) in [6, 6.07) is 12.1. The average Bonchev–Trinajstić information content (AvgIpc) is 2.45. The molecule has 1 aromatic heterocycles. The fourth-order valence-electron chi connectivity index (χ4n) is 1.63. The van der Waals surface area contributed by atoms with Gasteiger partial charge in [-0.05, 0) is 12.1 Å². The van der Waals surface area contributed by atoms with E-state index in [0.29, 0.717) is 22.8 Å². The van der Waals surface area contributed by atoms with Gasteiger partial charge in [0.05, 0.1) is 12.8 Å². The van der Waals surface area contributed by atoms with E-state index in [1.165, 1.54) is 0 Å². The minimum Gasteiger partial charge on any atom is -0.488 e. The molecule has 0 aliphatic heterocycles. The number of nitrogens with zero attached hydrogens (tertiary/aromatic N) is 1. The second kappa shape index (κ2) is 6.22. The molecular weight excluding hydrogens is 245 g/mol. The van der Waals surface area contributed by atoms with E-state index in [0.717, 1.165) is 0 Å². The Kier molecular flexibility index (Phi) is 4.38. The van der Waals surface area contributed by atoms with Crippen LogP contribution in [-0.4, -0.2) is 29.3 Å². The topological polar surface area (TPSA) is 71.8 Å². The van der Waals surface area contributed by atoms with Gasteiger partial charge < -0.3 is 19.5 Å². The van der Waals surface area contributed by atoms with Gasteiger partial charge in [0, 0.05) is 11.5 Å². The van der Waals surface area contributed by atoms with Crippen molar-refractivity contribution in [3.8, 4) is 11.6 Å². The fraction of sp³-hybridized carbons (Fsp3) is 0.154. The second-order valence-electron chi connectivity index (χ2n) is 3.87. The van der Waals surface area contributed by atoms with Crippen LogP contribution in [0.1, 0.15) is 5.69 Å². The Morgan fingerprint density at radius 1 is 1.11 bits per heavy atom. The molecule has 2 rings (SSSR count). The van der Waals surface area contributed by atoms with E-state index >= 15 is 0 Å². The summed E-state index contributed by atoms with van der Waals surface area (Å²) in [6.07, 6.45) is 0. The SMILES string of the molecule is COc1cccc(COc2ccccc2B(O)O)n1. The van der Waals surface area contributed by atoms with Crippen molar-refractivity contribution in [3.63, 3.8) is 0 Å². The first-order chi connectivity index (χ1) is 9.20. The summed E-state index contributed by atoms with van der Waals surface area (Å²) in [4.78, 5) is 4.21. The molecule has 1 aromatic carbocycles. The van der Waals surface area contributed by atoms with Crippen molar-refractivity contribution < 1.29 is 19.5 Å². The summed E-state index contributed by atoms with van der Waals surface area (Å²) >= 11 is 0. The van der Waals surface area contributed by atoms with Gasteiger partial charge in [-0.1, -0.05) is 24.3 Å². The summed E-state index contributed by atoms with van der Waals surface area (Å²) in [7, 11) is -0.0147. The molecule has 0 atom stereocenters. The van der Waals surface area contributed by atoms with Crippen LogP contribution < -0.4 is 14.9 Å². The molecule has 0 aliphatic rings. The molecule has 0 saturated carbocycles. The molecule has 0 amide bonds. The van der Waals surface area contributed by atoms with Gasteiger partial charge in [-0.15, -0.1) is 0 Å². The van der Waals surface area contributed by atoms with Crippen molar-refractivity contribution in [3.05, 3.63) is 48.2 Å². The average molecular weight is 259 g/mol. The maximum Gasteiger partial charge on any atom is 0.492 e. The zero-order valence-corrected chi connectivity index (χ0v) is 10.5. The molecule has 19 heavy (non-hydrogen) atoms. The number of hydrogen-bond donors (Lipinski definition) is 2. The van der Waals surface area contributed by atoms with Crippen LogP contribution >= 0.6 is 0 Å². The van der Waals surface area contributed by atoms with Crippen LogP contribution in [-0.2, 0) is 6.61 Å². The molecule has 0 radical (unpaired) electrons. The van der Waals surface area contributed by atoms with Crippen LogP contribution in [0.3, 0.4) is 0 Å². The number of rotatable bonds is 5. The Morgan fingerprint density at radius 3 is 2.63 bits per heavy atom. The predicted octanol–water partition coefficient (Wildman–Crippen LogP) is 0.349. The quantitative estimate of drug-likeness (QED) is 0.758. The third-order valence-corrected chi connectivity index (χ3v) is 2.56. The molecule has 2 aromatic rings. The molecule has 0 spiro atoms. The highest BCUT2D eigenvalue weighted by Gasteiger charge is 2.16. The lowest BCUT2D eigenvalue weighted by molar-refractivity contribution is 0.298. The first-order valence-electron chi connectivity index (χ1n) is 5.78. The van der Waals surface area contributed by atoms with Crippen molar-refractivity contribution in [1.82, 2.24) is 4.98 Å². The van der Waals surface area contributed by atoms with Gasteiger partial charge >= 0.3 is 7.12 Å². The van der Waals surface area contributed by atoms with Crippen LogP contribution in [0.25, 0.3) is 0 Å². The van der Waals surface area contributed by atoms with E-state index in [4.69, 9.17) is 9.47 Å². The largest absolute Gasteiger partial charge is 0.492 e. The lowest BCUT2D eigenvalue weighted by atomic mass is 9.79. The van der Waals surface area contributed by atoms with Crippen molar-refractivity contribution >= 4 is 12.6 Å². The minimum absolute atomic E-state index is 0.223. The number of aromatic nitrogens is 1. The first kappa shape index (κ1) is 13.4. The van der Waals surface area contributed by atoms with E-state index in [9.17, 15) is 10.0 Å². The van der Waals surface area contributed by atoms with Gasteiger partial charge in [-0.2, -0.15) is 0 Å². The lowest BCUT2D eigenvalue weighted by Crippen LogP contribution is -2.31. The van der Waals surface area contributed by atoms with Crippen molar-refractivity contribution in [1.29, 1.82) is 0 Å². The molecular formula is C13H14BNO4. The summed E-state index contributed by atoms with van der Waals surface area (Å²) < 4.78 is 10.6. The Morgan fingerprint density at radius 2 is 1.89 bits per heavy atom. The number of ether oxygens (including phenoxy) is 2. The summed E-state index contributed by atoms with van der Waals surface area (Å²) in [6.45, 7) is 0.223. The lowest BCUT2D eigenvalue weighted by Gasteiger charge is -2.10. The Bertz CT molecular complexity index is 548. The number of methoxy groups -OCH3 is 1. The minimum atomic E-state index is -1.56. The Balaban J connectivity index is 2.10. The highest BCUT2D eigenvalue weighted by molar-refractivity contribution is 6.59. The van der Waals surface area contributed by atoms with Gasteiger partial charge in [0.2, 0.25) is 5.88 Å². The molecule has 0 fully saturated rings. The van der Waals surface area contributed by atoms with E-state index in [1.807, 2.05) is 6.07 Å². The van der Waals surface area contributed by atoms with Gasteiger partial charge in [0.25, 0.3) is 0 Å². The highest BCUT2D eigenvalue weighted by Crippen LogP contribution is 2.11. The molecule has 6 heteroatoms. The molecule has 98 valence electrons. The summed E-state index contributed by atoms with van der Waals surface area (Å²) in [5.74, 6) is 0.929. The third kappa shape index (κ3) is 3.46. The first-order valence-corrected chi connectivity index (χ1v) is 5.78. The monoisotopic (exact) mass is 259 g/mol. The molecule has 5 nitrogen and oxygen atoms in total. The predicted molar refractivity (Wildman–Crippen MR) is 71.4 cm³/mol. The van der Waals surface area contributed by atoms with Crippen molar-refractivity contribution in [2.75, 3.05) is 7.11 Å². The van der Waals surface area contributed by atoms with E-state index in [1.54, 1.807) is 43.5 Å². The zero-order valence-electron chi connectivity index (χ0n) is 10.5.